The van der Waals surface area contributed by atoms with E-state index in [0.29, 0.717) is 28.3 Å². The van der Waals surface area contributed by atoms with E-state index in [1.165, 1.54) is 11.1 Å². The summed E-state index contributed by atoms with van der Waals surface area (Å²) in [5.74, 6) is -0.551. The van der Waals surface area contributed by atoms with Crippen LogP contribution >= 0.6 is 0 Å². The molecule has 2 N–H and O–H groups in total. The Morgan fingerprint density at radius 3 is 1.33 bits per heavy atom. The van der Waals surface area contributed by atoms with E-state index in [2.05, 4.69) is 24.3 Å². The minimum absolute atomic E-state index is 0.0321. The van der Waals surface area contributed by atoms with Gasteiger partial charge >= 0.3 is 20.8 Å². The van der Waals surface area contributed by atoms with Crippen LogP contribution in [0.2, 0.25) is 0 Å². The van der Waals surface area contributed by atoms with Crippen LogP contribution in [-0.4, -0.2) is 25.9 Å². The third-order valence-electron chi connectivity index (χ3n) is 9.71. The normalized spacial score (nSPS) is 22.7. The molecule has 0 fully saturated rings. The van der Waals surface area contributed by atoms with Gasteiger partial charge in [-0.1, -0.05) is 60.7 Å². The van der Waals surface area contributed by atoms with Gasteiger partial charge in [-0.2, -0.15) is 16.8 Å². The zero-order valence-electron chi connectivity index (χ0n) is 21.8. The van der Waals surface area contributed by atoms with Gasteiger partial charge in [-0.3, -0.25) is 9.11 Å². The monoisotopic (exact) mass is 598 g/mol. The van der Waals surface area contributed by atoms with E-state index in [0.717, 1.165) is 39.4 Å². The molecule has 0 saturated carbocycles. The van der Waals surface area contributed by atoms with Gasteiger partial charge in [0, 0.05) is 45.6 Å². The molecule has 42 heavy (non-hydrogen) atoms. The molecule has 5 aromatic rings. The first-order valence-electron chi connectivity index (χ1n) is 13.7. The molecule has 4 atom stereocenters. The highest BCUT2D eigenvalue weighted by Gasteiger charge is 2.49. The van der Waals surface area contributed by atoms with Gasteiger partial charge in [0.2, 0.25) is 0 Å². The van der Waals surface area contributed by atoms with E-state index in [4.69, 9.17) is 8.37 Å². The summed E-state index contributed by atoms with van der Waals surface area (Å²) in [5.41, 5.74) is 7.29. The molecule has 4 bridgehead atoms. The second-order valence-corrected chi connectivity index (χ2v) is 13.7. The van der Waals surface area contributed by atoms with Gasteiger partial charge in [0.1, 0.15) is 0 Å². The zero-order chi connectivity index (χ0) is 28.7. The summed E-state index contributed by atoms with van der Waals surface area (Å²) >= 11 is 0. The summed E-state index contributed by atoms with van der Waals surface area (Å²) in [6.45, 7) is 0. The van der Waals surface area contributed by atoms with Crippen LogP contribution in [-0.2, 0) is 20.8 Å². The van der Waals surface area contributed by atoms with Gasteiger partial charge in [0.15, 0.2) is 11.5 Å². The van der Waals surface area contributed by atoms with E-state index >= 15 is 0 Å². The standard InChI is InChI=1S/C32H22O8S2/c33-41(34,35)39-31-27-12-23-21-11-22(18-8-4-3-7-17(18)21)24(23)13-28(27)32(40-42(36,37)38)30-26-14-25(29(30)31)19-9-15-5-1-2-6-16(15)10-20(19)26/h1-10,12-13,21-22,25-26H,11,14H2,(H,33,34,35)(H,36,37,38). The van der Waals surface area contributed by atoms with Gasteiger partial charge in [0.25, 0.3) is 0 Å². The molecule has 8 nitrogen and oxygen atoms in total. The molecule has 9 rings (SSSR count). The third-order valence-corrected chi connectivity index (χ3v) is 10.5. The molecule has 0 radical (unpaired) electrons. The van der Waals surface area contributed by atoms with Crippen LogP contribution in [0.15, 0.2) is 72.8 Å². The predicted octanol–water partition coefficient (Wildman–Crippen LogP) is 6.32. The van der Waals surface area contributed by atoms with Crippen molar-refractivity contribution in [3.05, 3.63) is 117 Å². The average molecular weight is 599 g/mol. The fourth-order valence-corrected chi connectivity index (χ4v) is 9.15. The maximum Gasteiger partial charge on any atom is 0.446 e. The lowest BCUT2D eigenvalue weighted by Gasteiger charge is -2.27. The summed E-state index contributed by atoms with van der Waals surface area (Å²) in [6.07, 6.45) is 1.38. The van der Waals surface area contributed by atoms with Gasteiger partial charge in [0.05, 0.1) is 0 Å². The zero-order valence-corrected chi connectivity index (χ0v) is 23.4. The van der Waals surface area contributed by atoms with Crippen LogP contribution in [0.3, 0.4) is 0 Å². The number of rotatable bonds is 4. The van der Waals surface area contributed by atoms with Crippen molar-refractivity contribution in [3.63, 3.8) is 0 Å². The Bertz CT molecular complexity index is 2130. The molecular weight excluding hydrogens is 576 g/mol. The molecule has 0 spiro atoms. The van der Waals surface area contributed by atoms with Crippen LogP contribution < -0.4 is 8.37 Å². The highest BCUT2D eigenvalue weighted by Crippen LogP contribution is 2.65. The van der Waals surface area contributed by atoms with Crippen LogP contribution in [0.25, 0.3) is 21.5 Å². The first kappa shape index (κ1) is 24.6. The molecule has 0 saturated heterocycles. The molecule has 0 aliphatic heterocycles. The minimum Gasteiger partial charge on any atom is -0.361 e. The Labute approximate surface area is 241 Å². The van der Waals surface area contributed by atoms with Crippen LogP contribution in [0, 0.1) is 0 Å². The van der Waals surface area contributed by atoms with Crippen molar-refractivity contribution in [1.29, 1.82) is 0 Å². The van der Waals surface area contributed by atoms with Crippen LogP contribution in [0.1, 0.15) is 81.0 Å². The Hall–Kier alpha value is -3.96. The maximum absolute atomic E-state index is 12.3. The van der Waals surface area contributed by atoms with Crippen LogP contribution in [0.4, 0.5) is 0 Å². The Morgan fingerprint density at radius 1 is 0.524 bits per heavy atom. The highest BCUT2D eigenvalue weighted by atomic mass is 32.3. The molecule has 5 aromatic carbocycles. The lowest BCUT2D eigenvalue weighted by Crippen LogP contribution is -2.16. The Morgan fingerprint density at radius 2 is 0.905 bits per heavy atom. The lowest BCUT2D eigenvalue weighted by atomic mass is 9.80. The van der Waals surface area contributed by atoms with Crippen molar-refractivity contribution in [2.24, 2.45) is 0 Å². The molecular formula is C32H22O8S2. The molecule has 210 valence electrons. The molecule has 0 aromatic heterocycles. The minimum atomic E-state index is -4.95. The molecule has 10 heteroatoms. The average Bonchev–Trinajstić information content (AvgIpc) is 3.70. The molecule has 4 unspecified atom stereocenters. The lowest BCUT2D eigenvalue weighted by molar-refractivity contribution is 0.380. The van der Waals surface area contributed by atoms with Gasteiger partial charge in [-0.15, -0.1) is 0 Å². The quantitative estimate of drug-likeness (QED) is 0.230. The van der Waals surface area contributed by atoms with E-state index < -0.39 is 20.8 Å². The van der Waals surface area contributed by atoms with Crippen molar-refractivity contribution in [2.45, 2.75) is 36.5 Å². The number of fused-ring (bicyclic) bond motifs is 18. The first-order chi connectivity index (χ1) is 20.1. The molecule has 0 amide bonds. The van der Waals surface area contributed by atoms with E-state index in [1.807, 2.05) is 48.5 Å². The van der Waals surface area contributed by atoms with Crippen molar-refractivity contribution in [2.75, 3.05) is 0 Å². The Kier molecular flexibility index (Phi) is 4.63. The maximum atomic E-state index is 12.3. The van der Waals surface area contributed by atoms with Gasteiger partial charge in [-0.25, -0.2) is 0 Å². The SMILES string of the molecule is O=S(=O)(O)Oc1c2c(c(OS(=O)(=O)O)c3cc4c(cc13)C1CC4c3ccccc31)C1CC2c2cc3ccccc3cc21. The van der Waals surface area contributed by atoms with Crippen molar-refractivity contribution in [1.82, 2.24) is 0 Å². The van der Waals surface area contributed by atoms with Gasteiger partial charge in [-0.05, 0) is 69.1 Å². The molecule has 4 aliphatic carbocycles. The largest absolute Gasteiger partial charge is 0.446 e. The summed E-state index contributed by atoms with van der Waals surface area (Å²) < 4.78 is 79.7. The first-order valence-corrected chi connectivity index (χ1v) is 16.4. The second-order valence-electron chi connectivity index (χ2n) is 11.7. The molecule has 4 aliphatic rings. The third kappa shape index (κ3) is 3.29. The number of benzene rings is 5. The fraction of sp³-hybridized carbons (Fsp3) is 0.188. The highest BCUT2D eigenvalue weighted by molar-refractivity contribution is 7.81. The predicted molar refractivity (Wildman–Crippen MR) is 155 cm³/mol. The topological polar surface area (TPSA) is 127 Å². The number of hydrogen-bond acceptors (Lipinski definition) is 6. The van der Waals surface area contributed by atoms with Crippen LogP contribution in [0.5, 0.6) is 11.5 Å². The molecule has 0 heterocycles. The Balaban J connectivity index is 1.38. The van der Waals surface area contributed by atoms with Crippen molar-refractivity contribution >= 4 is 42.3 Å². The van der Waals surface area contributed by atoms with E-state index in [9.17, 15) is 25.9 Å². The second kappa shape index (κ2) is 7.90. The smallest absolute Gasteiger partial charge is 0.361 e. The van der Waals surface area contributed by atoms with E-state index in [-0.39, 0.29) is 35.2 Å². The summed E-state index contributed by atoms with van der Waals surface area (Å²) in [7, 11) is -9.90. The van der Waals surface area contributed by atoms with E-state index in [1.54, 1.807) is 0 Å². The van der Waals surface area contributed by atoms with Crippen molar-refractivity contribution < 1.29 is 34.3 Å². The summed E-state index contributed by atoms with van der Waals surface area (Å²) in [6, 6.07) is 23.9. The van der Waals surface area contributed by atoms with Crippen molar-refractivity contribution in [3.8, 4) is 11.5 Å². The summed E-state index contributed by atoms with van der Waals surface area (Å²) in [5, 5.41) is 2.66. The summed E-state index contributed by atoms with van der Waals surface area (Å²) in [4.78, 5) is 0. The number of hydrogen-bond donors (Lipinski definition) is 2. The van der Waals surface area contributed by atoms with Gasteiger partial charge < -0.3 is 8.37 Å². The fourth-order valence-electron chi connectivity index (χ4n) is 8.37.